The minimum absolute atomic E-state index is 0.211. The van der Waals surface area contributed by atoms with E-state index in [1.54, 1.807) is 12.3 Å². The molecule has 2 aromatic heterocycles. The Morgan fingerprint density at radius 2 is 2.19 bits per heavy atom. The summed E-state index contributed by atoms with van der Waals surface area (Å²) in [5.74, 6) is -0.211. The fraction of sp³-hybridized carbons (Fsp3) is 0.188. The van der Waals surface area contributed by atoms with Crippen LogP contribution in [-0.2, 0) is 6.42 Å². The lowest BCUT2D eigenvalue weighted by atomic mass is 10.2. The number of nitrogens with zero attached hydrogens (tertiary/aromatic N) is 2. The van der Waals surface area contributed by atoms with Gasteiger partial charge in [-0.05, 0) is 36.8 Å². The van der Waals surface area contributed by atoms with Crippen molar-refractivity contribution in [2.24, 2.45) is 0 Å². The zero-order valence-electron chi connectivity index (χ0n) is 11.8. The van der Waals surface area contributed by atoms with Crippen molar-refractivity contribution >= 4 is 22.5 Å². The molecule has 5 heteroatoms. The van der Waals surface area contributed by atoms with Crippen molar-refractivity contribution in [2.45, 2.75) is 19.8 Å². The maximum atomic E-state index is 12.2. The summed E-state index contributed by atoms with van der Waals surface area (Å²) in [4.78, 5) is 16.4. The van der Waals surface area contributed by atoms with E-state index in [9.17, 15) is 4.79 Å². The van der Waals surface area contributed by atoms with E-state index in [1.165, 1.54) is 0 Å². The summed E-state index contributed by atoms with van der Waals surface area (Å²) in [5, 5.41) is 10.8. The number of nitrogens with one attached hydrogen (secondary N) is 2. The van der Waals surface area contributed by atoms with Gasteiger partial charge in [-0.3, -0.25) is 14.9 Å². The molecule has 3 rings (SSSR count). The van der Waals surface area contributed by atoms with Crippen molar-refractivity contribution in [3.05, 3.63) is 54.0 Å². The van der Waals surface area contributed by atoms with Crippen LogP contribution < -0.4 is 5.32 Å². The van der Waals surface area contributed by atoms with Crippen molar-refractivity contribution in [1.82, 2.24) is 15.2 Å². The molecule has 0 radical (unpaired) electrons. The number of aromatic amines is 1. The number of anilines is 1. The van der Waals surface area contributed by atoms with Gasteiger partial charge in [0, 0.05) is 23.0 Å². The van der Waals surface area contributed by atoms with Crippen molar-refractivity contribution in [2.75, 3.05) is 5.32 Å². The van der Waals surface area contributed by atoms with Gasteiger partial charge in [-0.25, -0.2) is 0 Å². The highest BCUT2D eigenvalue weighted by molar-refractivity contribution is 6.03. The molecule has 106 valence electrons. The molecule has 2 heterocycles. The molecule has 21 heavy (non-hydrogen) atoms. The van der Waals surface area contributed by atoms with Crippen molar-refractivity contribution in [1.29, 1.82) is 0 Å². The molecule has 0 saturated heterocycles. The largest absolute Gasteiger partial charge is 0.321 e. The molecule has 5 nitrogen and oxygen atoms in total. The van der Waals surface area contributed by atoms with Crippen LogP contribution in [0.25, 0.3) is 10.9 Å². The van der Waals surface area contributed by atoms with Crippen LogP contribution in [0.1, 0.15) is 29.5 Å². The van der Waals surface area contributed by atoms with E-state index < -0.39 is 0 Å². The first kappa shape index (κ1) is 13.3. The molecule has 0 atom stereocenters. The van der Waals surface area contributed by atoms with Crippen molar-refractivity contribution in [3.63, 3.8) is 0 Å². The van der Waals surface area contributed by atoms with Crippen LogP contribution in [0.2, 0.25) is 0 Å². The predicted octanol–water partition coefficient (Wildman–Crippen LogP) is 3.16. The normalized spacial score (nSPS) is 10.7. The number of hydrogen-bond donors (Lipinski definition) is 2. The van der Waals surface area contributed by atoms with Gasteiger partial charge >= 0.3 is 0 Å². The number of amides is 1. The first-order valence-corrected chi connectivity index (χ1v) is 6.96. The average Bonchev–Trinajstić information content (AvgIpc) is 2.96. The number of hydrogen-bond acceptors (Lipinski definition) is 3. The summed E-state index contributed by atoms with van der Waals surface area (Å²) in [6, 6.07) is 11.3. The number of carbonyl (C=O) groups excluding carboxylic acids is 1. The Morgan fingerprint density at radius 3 is 3.05 bits per heavy atom. The number of aromatic nitrogens is 3. The quantitative estimate of drug-likeness (QED) is 0.771. The Balaban J connectivity index is 1.78. The highest BCUT2D eigenvalue weighted by Gasteiger charge is 2.10. The third-order valence-electron chi connectivity index (χ3n) is 3.24. The minimum Gasteiger partial charge on any atom is -0.321 e. The lowest BCUT2D eigenvalue weighted by Gasteiger charge is -2.04. The number of fused-ring (bicyclic) bond motifs is 1. The second-order valence-electron chi connectivity index (χ2n) is 4.89. The number of carbonyl (C=O) groups is 1. The average molecular weight is 280 g/mol. The number of aryl methyl sites for hydroxylation is 1. The molecule has 0 aliphatic carbocycles. The number of benzene rings is 1. The van der Waals surface area contributed by atoms with Gasteiger partial charge in [-0.15, -0.1) is 0 Å². The topological polar surface area (TPSA) is 70.7 Å². The molecular formula is C16H16N4O. The van der Waals surface area contributed by atoms with E-state index in [1.807, 2.05) is 30.3 Å². The molecule has 2 N–H and O–H groups in total. The SMILES string of the molecule is CCCc1cc(C(=O)Nc2ccc3ncccc3c2)n[nH]1. The Labute approximate surface area is 122 Å². The van der Waals surface area contributed by atoms with Crippen LogP contribution in [0.3, 0.4) is 0 Å². The fourth-order valence-electron chi connectivity index (χ4n) is 2.22. The lowest BCUT2D eigenvalue weighted by molar-refractivity contribution is 0.102. The smallest absolute Gasteiger partial charge is 0.276 e. The van der Waals surface area contributed by atoms with E-state index in [2.05, 4.69) is 27.4 Å². The van der Waals surface area contributed by atoms with Gasteiger partial charge in [0.2, 0.25) is 0 Å². The number of pyridine rings is 1. The summed E-state index contributed by atoms with van der Waals surface area (Å²) in [5.41, 5.74) is 3.02. The van der Waals surface area contributed by atoms with Crippen LogP contribution >= 0.6 is 0 Å². The maximum absolute atomic E-state index is 12.2. The third kappa shape index (κ3) is 2.91. The summed E-state index contributed by atoms with van der Waals surface area (Å²) in [7, 11) is 0. The van der Waals surface area contributed by atoms with Crippen LogP contribution in [0, 0.1) is 0 Å². The molecule has 0 aliphatic heterocycles. The van der Waals surface area contributed by atoms with Gasteiger partial charge in [0.1, 0.15) is 0 Å². The van der Waals surface area contributed by atoms with Crippen LogP contribution in [0.15, 0.2) is 42.6 Å². The Kier molecular flexibility index (Phi) is 3.64. The zero-order valence-corrected chi connectivity index (χ0v) is 11.8. The van der Waals surface area contributed by atoms with E-state index in [0.717, 1.165) is 35.1 Å². The Morgan fingerprint density at radius 1 is 1.29 bits per heavy atom. The lowest BCUT2D eigenvalue weighted by Crippen LogP contribution is -2.12. The summed E-state index contributed by atoms with van der Waals surface area (Å²) in [6.07, 6.45) is 3.66. The number of H-pyrrole nitrogens is 1. The Hall–Kier alpha value is -2.69. The molecule has 0 saturated carbocycles. The molecule has 0 fully saturated rings. The van der Waals surface area contributed by atoms with Crippen molar-refractivity contribution in [3.8, 4) is 0 Å². The molecule has 0 bridgehead atoms. The molecule has 1 amide bonds. The second kappa shape index (κ2) is 5.75. The highest BCUT2D eigenvalue weighted by Crippen LogP contribution is 2.17. The molecule has 0 spiro atoms. The van der Waals surface area contributed by atoms with Gasteiger partial charge in [-0.1, -0.05) is 19.4 Å². The van der Waals surface area contributed by atoms with Gasteiger partial charge in [0.05, 0.1) is 5.52 Å². The molecule has 3 aromatic rings. The van der Waals surface area contributed by atoms with E-state index >= 15 is 0 Å². The molecular weight excluding hydrogens is 264 g/mol. The maximum Gasteiger partial charge on any atom is 0.276 e. The molecule has 0 aliphatic rings. The number of rotatable bonds is 4. The minimum atomic E-state index is -0.211. The van der Waals surface area contributed by atoms with Crippen LogP contribution in [-0.4, -0.2) is 21.1 Å². The van der Waals surface area contributed by atoms with E-state index in [-0.39, 0.29) is 5.91 Å². The molecule has 1 aromatic carbocycles. The molecule has 0 unspecified atom stereocenters. The third-order valence-corrected chi connectivity index (χ3v) is 3.24. The predicted molar refractivity (Wildman–Crippen MR) is 82.3 cm³/mol. The summed E-state index contributed by atoms with van der Waals surface area (Å²) in [6.45, 7) is 2.09. The van der Waals surface area contributed by atoms with Gasteiger partial charge < -0.3 is 5.32 Å². The van der Waals surface area contributed by atoms with Crippen molar-refractivity contribution < 1.29 is 4.79 Å². The second-order valence-corrected chi connectivity index (χ2v) is 4.89. The zero-order chi connectivity index (χ0) is 14.7. The standard InChI is InChI=1S/C16H16N4O/c1-2-4-13-10-15(20-19-13)16(21)18-12-6-7-14-11(9-12)5-3-8-17-14/h3,5-10H,2,4H2,1H3,(H,18,21)(H,19,20). The van der Waals surface area contributed by atoms with E-state index in [0.29, 0.717) is 5.69 Å². The monoisotopic (exact) mass is 280 g/mol. The fourth-order valence-corrected chi connectivity index (χ4v) is 2.22. The van der Waals surface area contributed by atoms with Crippen LogP contribution in [0.4, 0.5) is 5.69 Å². The summed E-state index contributed by atoms with van der Waals surface area (Å²) < 4.78 is 0. The van der Waals surface area contributed by atoms with Crippen LogP contribution in [0.5, 0.6) is 0 Å². The van der Waals surface area contributed by atoms with Gasteiger partial charge in [0.15, 0.2) is 5.69 Å². The highest BCUT2D eigenvalue weighted by atomic mass is 16.1. The first-order valence-electron chi connectivity index (χ1n) is 6.96. The first-order chi connectivity index (χ1) is 10.3. The van der Waals surface area contributed by atoms with Gasteiger partial charge in [0.25, 0.3) is 5.91 Å². The summed E-state index contributed by atoms with van der Waals surface area (Å²) >= 11 is 0. The Bertz CT molecular complexity index is 779. The van der Waals surface area contributed by atoms with E-state index in [4.69, 9.17) is 0 Å². The van der Waals surface area contributed by atoms with Gasteiger partial charge in [-0.2, -0.15) is 5.10 Å².